The van der Waals surface area contributed by atoms with Crippen molar-refractivity contribution in [2.45, 2.75) is 6.54 Å². The predicted molar refractivity (Wildman–Crippen MR) is 95.7 cm³/mol. The van der Waals surface area contributed by atoms with Crippen LogP contribution in [-0.4, -0.2) is 47.5 Å². The molecular formula is C16H19N3O2S2. The minimum Gasteiger partial charge on any atom is -0.497 e. The molecule has 1 aromatic heterocycles. The number of aromatic nitrogens is 1. The van der Waals surface area contributed by atoms with Gasteiger partial charge in [0.25, 0.3) is 5.91 Å². The van der Waals surface area contributed by atoms with E-state index in [2.05, 4.69) is 10.3 Å². The molecule has 23 heavy (non-hydrogen) atoms. The van der Waals surface area contributed by atoms with Crippen molar-refractivity contribution < 1.29 is 9.53 Å². The van der Waals surface area contributed by atoms with Gasteiger partial charge in [-0.05, 0) is 17.7 Å². The van der Waals surface area contributed by atoms with E-state index in [4.69, 9.17) is 4.74 Å². The molecular weight excluding hydrogens is 330 g/mol. The third-order valence-corrected chi connectivity index (χ3v) is 5.37. The van der Waals surface area contributed by atoms with Crippen LogP contribution in [0.5, 0.6) is 5.75 Å². The van der Waals surface area contributed by atoms with Gasteiger partial charge in [0, 0.05) is 36.5 Å². The third-order valence-electron chi connectivity index (χ3n) is 3.62. The number of carbonyl (C=O) groups is 1. The van der Waals surface area contributed by atoms with E-state index in [1.165, 1.54) is 11.3 Å². The van der Waals surface area contributed by atoms with E-state index in [1.54, 1.807) is 7.11 Å². The zero-order valence-electron chi connectivity index (χ0n) is 12.9. The summed E-state index contributed by atoms with van der Waals surface area (Å²) in [5.74, 6) is 2.91. The van der Waals surface area contributed by atoms with Crippen molar-refractivity contribution in [2.75, 3.05) is 37.0 Å². The van der Waals surface area contributed by atoms with E-state index in [0.717, 1.165) is 41.0 Å². The molecule has 122 valence electrons. The highest BCUT2D eigenvalue weighted by molar-refractivity contribution is 7.99. The van der Waals surface area contributed by atoms with Crippen LogP contribution in [0.4, 0.5) is 5.13 Å². The number of methoxy groups -OCH3 is 1. The Labute approximate surface area is 144 Å². The molecule has 1 N–H and O–H groups in total. The normalized spacial score (nSPS) is 14.6. The highest BCUT2D eigenvalue weighted by atomic mass is 32.2. The summed E-state index contributed by atoms with van der Waals surface area (Å²) in [6.45, 7) is 2.30. The Hall–Kier alpha value is -1.73. The summed E-state index contributed by atoms with van der Waals surface area (Å²) in [4.78, 5) is 18.7. The number of nitrogens with zero attached hydrogens (tertiary/aromatic N) is 2. The maximum Gasteiger partial charge on any atom is 0.273 e. The van der Waals surface area contributed by atoms with Crippen molar-refractivity contribution in [3.63, 3.8) is 0 Å². The number of carbonyl (C=O) groups excluding carboxylic acids is 1. The average molecular weight is 349 g/mol. The van der Waals surface area contributed by atoms with E-state index >= 15 is 0 Å². The Morgan fingerprint density at radius 2 is 2.04 bits per heavy atom. The molecule has 1 aliphatic rings. The molecule has 7 heteroatoms. The summed E-state index contributed by atoms with van der Waals surface area (Å²) < 4.78 is 5.14. The summed E-state index contributed by atoms with van der Waals surface area (Å²) in [6.07, 6.45) is 0. The number of hydrogen-bond donors (Lipinski definition) is 1. The summed E-state index contributed by atoms with van der Waals surface area (Å²) in [7, 11) is 1.66. The van der Waals surface area contributed by atoms with Gasteiger partial charge in [-0.2, -0.15) is 11.8 Å². The largest absolute Gasteiger partial charge is 0.497 e. The maximum absolute atomic E-state index is 12.4. The number of ether oxygens (including phenoxy) is 1. The lowest BCUT2D eigenvalue weighted by atomic mass is 10.2. The van der Waals surface area contributed by atoms with Crippen molar-refractivity contribution in [3.05, 3.63) is 40.9 Å². The van der Waals surface area contributed by atoms with Crippen molar-refractivity contribution in [1.82, 2.24) is 9.88 Å². The van der Waals surface area contributed by atoms with Gasteiger partial charge in [-0.3, -0.25) is 4.79 Å². The molecule has 2 heterocycles. The smallest absolute Gasteiger partial charge is 0.273 e. The Bertz CT molecular complexity index is 652. The van der Waals surface area contributed by atoms with Crippen LogP contribution in [0.3, 0.4) is 0 Å². The van der Waals surface area contributed by atoms with E-state index in [-0.39, 0.29) is 5.91 Å². The lowest BCUT2D eigenvalue weighted by molar-refractivity contribution is 0.0767. The van der Waals surface area contributed by atoms with Gasteiger partial charge in [0.2, 0.25) is 0 Å². The first-order chi connectivity index (χ1) is 11.3. The van der Waals surface area contributed by atoms with E-state index in [9.17, 15) is 4.79 Å². The zero-order chi connectivity index (χ0) is 16.1. The number of benzene rings is 1. The van der Waals surface area contributed by atoms with Crippen molar-refractivity contribution in [2.24, 2.45) is 0 Å². The van der Waals surface area contributed by atoms with E-state index < -0.39 is 0 Å². The van der Waals surface area contributed by atoms with E-state index in [0.29, 0.717) is 12.2 Å². The second kappa shape index (κ2) is 7.70. The predicted octanol–water partition coefficient (Wildman–Crippen LogP) is 2.95. The number of anilines is 1. The van der Waals surface area contributed by atoms with Gasteiger partial charge in [0.05, 0.1) is 7.11 Å². The lowest BCUT2D eigenvalue weighted by Gasteiger charge is -2.25. The van der Waals surface area contributed by atoms with Gasteiger partial charge >= 0.3 is 0 Å². The highest BCUT2D eigenvalue weighted by Gasteiger charge is 2.20. The molecule has 1 saturated heterocycles. The first kappa shape index (κ1) is 16.1. The van der Waals surface area contributed by atoms with Crippen molar-refractivity contribution in [1.29, 1.82) is 0 Å². The fourth-order valence-electron chi connectivity index (χ4n) is 2.30. The lowest BCUT2D eigenvalue weighted by Crippen LogP contribution is -2.38. The van der Waals surface area contributed by atoms with Crippen molar-refractivity contribution >= 4 is 34.1 Å². The monoisotopic (exact) mass is 349 g/mol. The van der Waals surface area contributed by atoms with Crippen LogP contribution in [-0.2, 0) is 6.54 Å². The topological polar surface area (TPSA) is 54.5 Å². The number of thioether (sulfide) groups is 1. The standard InChI is InChI=1S/C16H19N3O2S2/c1-21-13-4-2-12(3-5-13)10-17-16-18-14(11-23-16)15(20)19-6-8-22-9-7-19/h2-5,11H,6-10H2,1H3,(H,17,18). The van der Waals surface area contributed by atoms with Gasteiger partial charge in [-0.15, -0.1) is 11.3 Å². The van der Waals surface area contributed by atoms with Crippen LogP contribution in [0.25, 0.3) is 0 Å². The minimum absolute atomic E-state index is 0.0408. The zero-order valence-corrected chi connectivity index (χ0v) is 14.6. The van der Waals surface area contributed by atoms with Crippen LogP contribution in [0.15, 0.2) is 29.6 Å². The van der Waals surface area contributed by atoms with Crippen LogP contribution in [0.1, 0.15) is 16.1 Å². The summed E-state index contributed by atoms with van der Waals surface area (Å²) in [5, 5.41) is 5.88. The van der Waals surface area contributed by atoms with Crippen LogP contribution in [0, 0.1) is 0 Å². The molecule has 0 atom stereocenters. The number of amides is 1. The molecule has 3 rings (SSSR count). The third kappa shape index (κ3) is 4.17. The molecule has 1 aliphatic heterocycles. The molecule has 0 spiro atoms. The second-order valence-electron chi connectivity index (χ2n) is 5.14. The van der Waals surface area contributed by atoms with Gasteiger partial charge in [0.1, 0.15) is 11.4 Å². The molecule has 5 nitrogen and oxygen atoms in total. The summed E-state index contributed by atoms with van der Waals surface area (Å²) in [6, 6.07) is 7.89. The summed E-state index contributed by atoms with van der Waals surface area (Å²) in [5.41, 5.74) is 1.68. The molecule has 1 aromatic carbocycles. The van der Waals surface area contributed by atoms with Gasteiger partial charge in [-0.1, -0.05) is 12.1 Å². The number of hydrogen-bond acceptors (Lipinski definition) is 6. The molecule has 1 fully saturated rings. The molecule has 0 radical (unpaired) electrons. The number of nitrogens with one attached hydrogen (secondary N) is 1. The Morgan fingerprint density at radius 1 is 1.30 bits per heavy atom. The van der Waals surface area contributed by atoms with Gasteiger partial charge in [0.15, 0.2) is 5.13 Å². The molecule has 0 bridgehead atoms. The van der Waals surface area contributed by atoms with Gasteiger partial charge < -0.3 is 15.0 Å². The molecule has 0 saturated carbocycles. The maximum atomic E-state index is 12.4. The minimum atomic E-state index is 0.0408. The van der Waals surface area contributed by atoms with Gasteiger partial charge in [-0.25, -0.2) is 4.98 Å². The fraction of sp³-hybridized carbons (Fsp3) is 0.375. The second-order valence-corrected chi connectivity index (χ2v) is 7.23. The van der Waals surface area contributed by atoms with Crippen LogP contribution >= 0.6 is 23.1 Å². The molecule has 1 amide bonds. The van der Waals surface area contributed by atoms with E-state index in [1.807, 2.05) is 46.3 Å². The Morgan fingerprint density at radius 3 is 2.74 bits per heavy atom. The number of rotatable bonds is 5. The summed E-state index contributed by atoms with van der Waals surface area (Å²) >= 11 is 3.36. The highest BCUT2D eigenvalue weighted by Crippen LogP contribution is 2.20. The average Bonchev–Trinajstić information content (AvgIpc) is 3.09. The SMILES string of the molecule is COc1ccc(CNc2nc(C(=O)N3CCSCC3)cs2)cc1. The molecule has 2 aromatic rings. The quantitative estimate of drug-likeness (QED) is 0.899. The fourth-order valence-corrected chi connectivity index (χ4v) is 3.89. The Balaban J connectivity index is 1.57. The first-order valence-corrected chi connectivity index (χ1v) is 9.49. The van der Waals surface area contributed by atoms with Crippen LogP contribution in [0.2, 0.25) is 0 Å². The number of thiazole rings is 1. The molecule has 0 unspecified atom stereocenters. The van der Waals surface area contributed by atoms with Crippen molar-refractivity contribution in [3.8, 4) is 5.75 Å². The van der Waals surface area contributed by atoms with Crippen LogP contribution < -0.4 is 10.1 Å². The first-order valence-electron chi connectivity index (χ1n) is 7.45. The molecule has 0 aliphatic carbocycles. The Kier molecular flexibility index (Phi) is 5.40.